The fourth-order valence-electron chi connectivity index (χ4n) is 4.66. The summed E-state index contributed by atoms with van der Waals surface area (Å²) in [5.74, 6) is 1.42. The molecule has 0 saturated heterocycles. The highest BCUT2D eigenvalue weighted by Crippen LogP contribution is 2.43. The molecule has 0 fully saturated rings. The molecular formula is C30H29NO5. The molecule has 0 N–H and O–H groups in total. The van der Waals surface area contributed by atoms with Gasteiger partial charge in [0.15, 0.2) is 16.9 Å². The van der Waals surface area contributed by atoms with Gasteiger partial charge < -0.3 is 13.9 Å². The molecule has 0 radical (unpaired) electrons. The van der Waals surface area contributed by atoms with Gasteiger partial charge in [0.1, 0.15) is 5.58 Å². The summed E-state index contributed by atoms with van der Waals surface area (Å²) in [6, 6.07) is 19.6. The molecule has 1 amide bonds. The SMILES string of the molecule is COc1cc(C2c3c(oc4ccccc4c3=O)C(=O)N2c2cccc(C)c2)ccc1OCCC(C)C. The van der Waals surface area contributed by atoms with Gasteiger partial charge in [0.2, 0.25) is 5.76 Å². The highest BCUT2D eigenvalue weighted by atomic mass is 16.5. The lowest BCUT2D eigenvalue weighted by atomic mass is 9.97. The standard InChI is InChI=1S/C30H29NO5/c1-18(2)14-15-35-24-13-12-20(17-25(24)34-4)27-26-28(32)22-10-5-6-11-23(22)36-29(26)30(33)31(27)21-9-7-8-19(3)16-21/h5-13,16-18,27H,14-15H2,1-4H3. The van der Waals surface area contributed by atoms with Gasteiger partial charge >= 0.3 is 0 Å². The van der Waals surface area contributed by atoms with E-state index in [-0.39, 0.29) is 17.1 Å². The topological polar surface area (TPSA) is 69.0 Å². The summed E-state index contributed by atoms with van der Waals surface area (Å²) >= 11 is 0. The van der Waals surface area contributed by atoms with E-state index in [0.717, 1.165) is 17.5 Å². The second-order valence-electron chi connectivity index (χ2n) is 9.53. The Morgan fingerprint density at radius 3 is 2.53 bits per heavy atom. The first-order valence-electron chi connectivity index (χ1n) is 12.2. The average Bonchev–Trinajstić information content (AvgIpc) is 3.16. The van der Waals surface area contributed by atoms with Crippen molar-refractivity contribution in [2.45, 2.75) is 33.2 Å². The smallest absolute Gasteiger partial charge is 0.295 e. The summed E-state index contributed by atoms with van der Waals surface area (Å²) in [7, 11) is 1.59. The summed E-state index contributed by atoms with van der Waals surface area (Å²) in [6.45, 7) is 6.83. The largest absolute Gasteiger partial charge is 0.493 e. The maximum Gasteiger partial charge on any atom is 0.295 e. The molecule has 0 aliphatic carbocycles. The maximum absolute atomic E-state index is 13.8. The molecule has 4 aromatic rings. The van der Waals surface area contributed by atoms with Crippen LogP contribution < -0.4 is 19.8 Å². The third kappa shape index (κ3) is 4.13. The molecule has 36 heavy (non-hydrogen) atoms. The van der Waals surface area contributed by atoms with E-state index in [4.69, 9.17) is 13.9 Å². The number of aryl methyl sites for hydroxylation is 1. The molecule has 0 spiro atoms. The van der Waals surface area contributed by atoms with Crippen LogP contribution in [0.15, 0.2) is 75.9 Å². The molecule has 1 atom stereocenters. The lowest BCUT2D eigenvalue weighted by Crippen LogP contribution is -2.29. The van der Waals surface area contributed by atoms with Crippen LogP contribution in [0.4, 0.5) is 5.69 Å². The van der Waals surface area contributed by atoms with E-state index in [9.17, 15) is 9.59 Å². The lowest BCUT2D eigenvalue weighted by molar-refractivity contribution is 0.0971. The molecule has 1 aliphatic heterocycles. The van der Waals surface area contributed by atoms with Gasteiger partial charge in [-0.3, -0.25) is 14.5 Å². The first kappa shape index (κ1) is 23.7. The minimum Gasteiger partial charge on any atom is -0.493 e. The molecule has 1 aliphatic rings. The molecule has 6 heteroatoms. The zero-order valence-corrected chi connectivity index (χ0v) is 20.9. The molecule has 3 aromatic carbocycles. The molecule has 2 heterocycles. The number of hydrogen-bond donors (Lipinski definition) is 0. The molecule has 0 bridgehead atoms. The summed E-state index contributed by atoms with van der Waals surface area (Å²) in [5, 5.41) is 0.445. The number of carbonyl (C=O) groups is 1. The van der Waals surface area contributed by atoms with Crippen LogP contribution in [0.25, 0.3) is 11.0 Å². The third-order valence-electron chi connectivity index (χ3n) is 6.51. The fraction of sp³-hybridized carbons (Fsp3) is 0.267. The van der Waals surface area contributed by atoms with Gasteiger partial charge in [-0.05, 0) is 66.8 Å². The molecule has 0 saturated carbocycles. The maximum atomic E-state index is 13.8. The Bertz CT molecular complexity index is 1500. The molecule has 1 aromatic heterocycles. The molecule has 184 valence electrons. The van der Waals surface area contributed by atoms with Crippen LogP contribution in [-0.2, 0) is 0 Å². The highest BCUT2D eigenvalue weighted by Gasteiger charge is 2.44. The fourth-order valence-corrected chi connectivity index (χ4v) is 4.66. The van der Waals surface area contributed by atoms with Crippen LogP contribution in [-0.4, -0.2) is 19.6 Å². The molecule has 1 unspecified atom stereocenters. The number of rotatable bonds is 7. The van der Waals surface area contributed by atoms with Crippen LogP contribution in [0.5, 0.6) is 11.5 Å². The van der Waals surface area contributed by atoms with Gasteiger partial charge in [-0.25, -0.2) is 0 Å². The number of benzene rings is 3. The van der Waals surface area contributed by atoms with Gasteiger partial charge in [0.05, 0.1) is 30.7 Å². The van der Waals surface area contributed by atoms with Gasteiger partial charge in [0.25, 0.3) is 5.91 Å². The normalized spacial score (nSPS) is 15.0. The number of methoxy groups -OCH3 is 1. The number of amides is 1. The van der Waals surface area contributed by atoms with E-state index in [0.29, 0.717) is 46.2 Å². The van der Waals surface area contributed by atoms with E-state index in [1.807, 2.05) is 49.4 Å². The summed E-state index contributed by atoms with van der Waals surface area (Å²) in [6.07, 6.45) is 0.921. The van der Waals surface area contributed by atoms with Crippen LogP contribution in [0.1, 0.15) is 53.6 Å². The Morgan fingerprint density at radius 1 is 0.972 bits per heavy atom. The minimum absolute atomic E-state index is 0.0708. The van der Waals surface area contributed by atoms with Crippen molar-refractivity contribution >= 4 is 22.6 Å². The van der Waals surface area contributed by atoms with E-state index >= 15 is 0 Å². The van der Waals surface area contributed by atoms with Crippen LogP contribution in [0.2, 0.25) is 0 Å². The van der Waals surface area contributed by atoms with Crippen LogP contribution in [0.3, 0.4) is 0 Å². The van der Waals surface area contributed by atoms with Crippen molar-refractivity contribution in [1.29, 1.82) is 0 Å². The van der Waals surface area contributed by atoms with Crippen molar-refractivity contribution in [3.8, 4) is 11.5 Å². The monoisotopic (exact) mass is 483 g/mol. The van der Waals surface area contributed by atoms with Crippen LogP contribution >= 0.6 is 0 Å². The van der Waals surface area contributed by atoms with Gasteiger partial charge in [-0.1, -0.05) is 44.2 Å². The van der Waals surface area contributed by atoms with Gasteiger partial charge in [-0.2, -0.15) is 0 Å². The number of hydrogen-bond acceptors (Lipinski definition) is 5. The van der Waals surface area contributed by atoms with Crippen molar-refractivity contribution in [1.82, 2.24) is 0 Å². The molecule has 6 nitrogen and oxygen atoms in total. The number of ether oxygens (including phenoxy) is 2. The van der Waals surface area contributed by atoms with Crippen molar-refractivity contribution < 1.29 is 18.7 Å². The van der Waals surface area contributed by atoms with E-state index in [1.165, 1.54) is 0 Å². The van der Waals surface area contributed by atoms with Crippen LogP contribution in [0, 0.1) is 12.8 Å². The van der Waals surface area contributed by atoms with Crippen molar-refractivity contribution in [2.75, 3.05) is 18.6 Å². The summed E-state index contributed by atoms with van der Waals surface area (Å²) in [4.78, 5) is 29.1. The molecular weight excluding hydrogens is 454 g/mol. The first-order valence-corrected chi connectivity index (χ1v) is 12.2. The minimum atomic E-state index is -0.672. The van der Waals surface area contributed by atoms with E-state index < -0.39 is 6.04 Å². The average molecular weight is 484 g/mol. The van der Waals surface area contributed by atoms with Gasteiger partial charge in [0, 0.05) is 5.69 Å². The Kier molecular flexibility index (Phi) is 6.27. The predicted molar refractivity (Wildman–Crippen MR) is 140 cm³/mol. The Balaban J connectivity index is 1.68. The number of fused-ring (bicyclic) bond motifs is 2. The van der Waals surface area contributed by atoms with Crippen molar-refractivity contribution in [3.05, 3.63) is 99.4 Å². The Morgan fingerprint density at radius 2 is 1.78 bits per heavy atom. The molecule has 5 rings (SSSR count). The Labute approximate surface area is 210 Å². The quantitative estimate of drug-likeness (QED) is 0.309. The van der Waals surface area contributed by atoms with E-state index in [2.05, 4.69) is 13.8 Å². The summed E-state index contributed by atoms with van der Waals surface area (Å²) in [5.41, 5.74) is 2.94. The third-order valence-corrected chi connectivity index (χ3v) is 6.51. The number of para-hydroxylation sites is 1. The second kappa shape index (κ2) is 9.53. The second-order valence-corrected chi connectivity index (χ2v) is 9.53. The number of anilines is 1. The predicted octanol–water partition coefficient (Wildman–Crippen LogP) is 6.28. The van der Waals surface area contributed by atoms with Crippen molar-refractivity contribution in [2.24, 2.45) is 5.92 Å². The summed E-state index contributed by atoms with van der Waals surface area (Å²) < 4.78 is 17.7. The first-order chi connectivity index (χ1) is 17.4. The number of carbonyl (C=O) groups excluding carboxylic acids is 1. The zero-order valence-electron chi connectivity index (χ0n) is 20.9. The zero-order chi connectivity index (χ0) is 25.4. The number of nitrogens with zero attached hydrogens (tertiary/aromatic N) is 1. The van der Waals surface area contributed by atoms with Crippen molar-refractivity contribution in [3.63, 3.8) is 0 Å². The van der Waals surface area contributed by atoms with E-state index in [1.54, 1.807) is 36.3 Å². The lowest BCUT2D eigenvalue weighted by Gasteiger charge is -2.26. The highest BCUT2D eigenvalue weighted by molar-refractivity contribution is 6.10. The Hall–Kier alpha value is -4.06. The van der Waals surface area contributed by atoms with Gasteiger partial charge in [-0.15, -0.1) is 0 Å².